The fourth-order valence-electron chi connectivity index (χ4n) is 2.42. The van der Waals surface area contributed by atoms with Crippen LogP contribution in [0.15, 0.2) is 53.1 Å². The van der Waals surface area contributed by atoms with Crippen molar-refractivity contribution in [1.29, 1.82) is 5.26 Å². The summed E-state index contributed by atoms with van der Waals surface area (Å²) in [5.41, 5.74) is 1.70. The summed E-state index contributed by atoms with van der Waals surface area (Å²) in [5.74, 6) is -0.0326. The lowest BCUT2D eigenvalue weighted by atomic mass is 10.2. The number of hydrogen-bond acceptors (Lipinski definition) is 6. The van der Waals surface area contributed by atoms with Gasteiger partial charge in [0.2, 0.25) is 5.91 Å². The Morgan fingerprint density at radius 2 is 2.12 bits per heavy atom. The molecule has 1 unspecified atom stereocenters. The molecule has 1 amide bonds. The van der Waals surface area contributed by atoms with E-state index in [-0.39, 0.29) is 11.2 Å². The SMILES string of the molecule is CC(Sc1ncnc2ccsc12)C(=O)N(CCC#N)c1ccccc1. The molecule has 0 radical (unpaired) electrons. The summed E-state index contributed by atoms with van der Waals surface area (Å²) in [6, 6.07) is 13.5. The van der Waals surface area contributed by atoms with Gasteiger partial charge in [0.15, 0.2) is 0 Å². The van der Waals surface area contributed by atoms with Crippen molar-refractivity contribution < 1.29 is 4.79 Å². The van der Waals surface area contributed by atoms with Crippen LogP contribution in [0.2, 0.25) is 0 Å². The normalized spacial score (nSPS) is 11.8. The van der Waals surface area contributed by atoms with Crippen LogP contribution in [0.3, 0.4) is 0 Å². The van der Waals surface area contributed by atoms with E-state index in [9.17, 15) is 4.79 Å². The van der Waals surface area contributed by atoms with E-state index in [1.807, 2.05) is 48.7 Å². The molecule has 3 rings (SSSR count). The summed E-state index contributed by atoms with van der Waals surface area (Å²) in [6.45, 7) is 2.25. The van der Waals surface area contributed by atoms with Crippen molar-refractivity contribution in [3.05, 3.63) is 48.1 Å². The minimum Gasteiger partial charge on any atom is -0.310 e. The maximum atomic E-state index is 13.0. The Morgan fingerprint density at radius 1 is 1.32 bits per heavy atom. The van der Waals surface area contributed by atoms with Gasteiger partial charge in [-0.25, -0.2) is 9.97 Å². The first-order valence-electron chi connectivity index (χ1n) is 7.79. The molecule has 0 aliphatic carbocycles. The third-order valence-corrected chi connectivity index (χ3v) is 5.76. The molecular formula is C18H16N4OS2. The van der Waals surface area contributed by atoms with Gasteiger partial charge >= 0.3 is 0 Å². The Labute approximate surface area is 154 Å². The molecule has 1 atom stereocenters. The molecule has 0 spiro atoms. The van der Waals surface area contributed by atoms with E-state index >= 15 is 0 Å². The zero-order chi connectivity index (χ0) is 17.6. The van der Waals surface area contributed by atoms with Crippen molar-refractivity contribution in [2.75, 3.05) is 11.4 Å². The highest BCUT2D eigenvalue weighted by Crippen LogP contribution is 2.32. The van der Waals surface area contributed by atoms with Gasteiger partial charge in [-0.3, -0.25) is 4.79 Å². The van der Waals surface area contributed by atoms with Crippen molar-refractivity contribution in [3.8, 4) is 6.07 Å². The van der Waals surface area contributed by atoms with Gasteiger partial charge in [0.05, 0.1) is 28.0 Å². The van der Waals surface area contributed by atoms with E-state index in [1.165, 1.54) is 18.1 Å². The Hall–Kier alpha value is -2.43. The van der Waals surface area contributed by atoms with Gasteiger partial charge in [-0.1, -0.05) is 30.0 Å². The molecule has 0 aliphatic rings. The molecule has 7 heteroatoms. The average molecular weight is 368 g/mol. The third-order valence-electron chi connectivity index (χ3n) is 3.63. The number of thiophene rings is 1. The standard InChI is InChI=1S/C18H16N4OS2/c1-13(25-17-16-15(8-11-24-16)20-12-21-17)18(23)22(10-5-9-19)14-6-3-2-4-7-14/h2-4,6-8,11-13H,5,10H2,1H3. The quantitative estimate of drug-likeness (QED) is 0.483. The third kappa shape index (κ3) is 3.98. The number of hydrogen-bond donors (Lipinski definition) is 0. The molecule has 25 heavy (non-hydrogen) atoms. The first kappa shape index (κ1) is 17.4. The fraction of sp³-hybridized carbons (Fsp3) is 0.222. The molecule has 0 aliphatic heterocycles. The summed E-state index contributed by atoms with van der Waals surface area (Å²) >= 11 is 3.00. The van der Waals surface area contributed by atoms with Gasteiger partial charge in [-0.05, 0) is 30.5 Å². The molecule has 0 bridgehead atoms. The van der Waals surface area contributed by atoms with Gasteiger partial charge in [-0.2, -0.15) is 5.26 Å². The number of carbonyl (C=O) groups excluding carboxylic acids is 1. The highest BCUT2D eigenvalue weighted by Gasteiger charge is 2.24. The van der Waals surface area contributed by atoms with Crippen LogP contribution in [0.25, 0.3) is 10.2 Å². The van der Waals surface area contributed by atoms with Crippen molar-refractivity contribution in [1.82, 2.24) is 9.97 Å². The van der Waals surface area contributed by atoms with Crippen molar-refractivity contribution >= 4 is 44.9 Å². The molecule has 126 valence electrons. The van der Waals surface area contributed by atoms with Crippen molar-refractivity contribution in [2.45, 2.75) is 23.6 Å². The molecule has 5 nitrogen and oxygen atoms in total. The van der Waals surface area contributed by atoms with E-state index in [2.05, 4.69) is 16.0 Å². The predicted molar refractivity (Wildman–Crippen MR) is 102 cm³/mol. The number of amides is 1. The minimum absolute atomic E-state index is 0.0326. The number of nitriles is 1. The van der Waals surface area contributed by atoms with Gasteiger partial charge in [0.25, 0.3) is 0 Å². The van der Waals surface area contributed by atoms with Crippen LogP contribution < -0.4 is 4.90 Å². The summed E-state index contributed by atoms with van der Waals surface area (Å²) in [6.07, 6.45) is 1.82. The van der Waals surface area contributed by atoms with Crippen LogP contribution in [0.4, 0.5) is 5.69 Å². The molecule has 1 aromatic carbocycles. The van der Waals surface area contributed by atoms with E-state index in [0.717, 1.165) is 20.9 Å². The van der Waals surface area contributed by atoms with E-state index in [4.69, 9.17) is 5.26 Å². The predicted octanol–water partition coefficient (Wildman–Crippen LogP) is 4.12. The summed E-state index contributed by atoms with van der Waals surface area (Å²) in [7, 11) is 0. The first-order valence-corrected chi connectivity index (χ1v) is 9.55. The first-order chi connectivity index (χ1) is 12.2. The molecule has 0 saturated carbocycles. The number of nitrogens with zero attached hydrogens (tertiary/aromatic N) is 4. The number of carbonyl (C=O) groups is 1. The molecule has 0 N–H and O–H groups in total. The van der Waals surface area contributed by atoms with Crippen LogP contribution >= 0.6 is 23.1 Å². The number of fused-ring (bicyclic) bond motifs is 1. The Morgan fingerprint density at radius 3 is 2.88 bits per heavy atom. The smallest absolute Gasteiger partial charge is 0.240 e. The zero-order valence-electron chi connectivity index (χ0n) is 13.6. The Kier molecular flexibility index (Phi) is 5.64. The average Bonchev–Trinajstić information content (AvgIpc) is 3.12. The number of rotatable bonds is 6. The lowest BCUT2D eigenvalue weighted by Gasteiger charge is -2.24. The van der Waals surface area contributed by atoms with Gasteiger partial charge in [-0.15, -0.1) is 11.3 Å². The summed E-state index contributed by atoms with van der Waals surface area (Å²) in [4.78, 5) is 23.2. The number of thioether (sulfide) groups is 1. The molecule has 2 aromatic heterocycles. The van der Waals surface area contributed by atoms with Crippen LogP contribution in [0, 0.1) is 11.3 Å². The number of aromatic nitrogens is 2. The second kappa shape index (κ2) is 8.10. The van der Waals surface area contributed by atoms with Crippen molar-refractivity contribution in [3.63, 3.8) is 0 Å². The minimum atomic E-state index is -0.320. The van der Waals surface area contributed by atoms with Crippen LogP contribution in [-0.2, 0) is 4.79 Å². The highest BCUT2D eigenvalue weighted by molar-refractivity contribution is 8.00. The molecule has 0 fully saturated rings. The van der Waals surface area contributed by atoms with Crippen LogP contribution in [0.5, 0.6) is 0 Å². The van der Waals surface area contributed by atoms with Gasteiger partial charge < -0.3 is 4.90 Å². The molecule has 0 saturated heterocycles. The summed E-state index contributed by atoms with van der Waals surface area (Å²) < 4.78 is 0.996. The van der Waals surface area contributed by atoms with Crippen LogP contribution in [0.1, 0.15) is 13.3 Å². The largest absolute Gasteiger partial charge is 0.310 e. The zero-order valence-corrected chi connectivity index (χ0v) is 15.3. The lowest BCUT2D eigenvalue weighted by Crippen LogP contribution is -2.37. The van der Waals surface area contributed by atoms with Gasteiger partial charge in [0, 0.05) is 12.2 Å². The Bertz CT molecular complexity index is 904. The second-order valence-electron chi connectivity index (χ2n) is 5.31. The molecular weight excluding hydrogens is 352 g/mol. The van der Waals surface area contributed by atoms with E-state index in [1.54, 1.807) is 16.2 Å². The second-order valence-corrected chi connectivity index (χ2v) is 7.55. The van der Waals surface area contributed by atoms with Crippen molar-refractivity contribution in [2.24, 2.45) is 0 Å². The maximum absolute atomic E-state index is 13.0. The fourth-order valence-corrected chi connectivity index (χ4v) is 4.32. The topological polar surface area (TPSA) is 69.9 Å². The van der Waals surface area contributed by atoms with Gasteiger partial charge in [0.1, 0.15) is 11.4 Å². The van der Waals surface area contributed by atoms with E-state index in [0.29, 0.717) is 13.0 Å². The highest BCUT2D eigenvalue weighted by atomic mass is 32.2. The molecule has 2 heterocycles. The molecule has 3 aromatic rings. The number of para-hydroxylation sites is 1. The summed E-state index contributed by atoms with van der Waals surface area (Å²) in [5, 5.41) is 11.4. The Balaban J connectivity index is 1.81. The number of benzene rings is 1. The lowest BCUT2D eigenvalue weighted by molar-refractivity contribution is -0.117. The maximum Gasteiger partial charge on any atom is 0.240 e. The monoisotopic (exact) mass is 368 g/mol. The number of anilines is 1. The van der Waals surface area contributed by atoms with E-state index < -0.39 is 0 Å². The van der Waals surface area contributed by atoms with Crippen LogP contribution in [-0.4, -0.2) is 27.7 Å².